The minimum atomic E-state index is 0.960. The van der Waals surface area contributed by atoms with Gasteiger partial charge >= 0.3 is 0 Å². The zero-order valence-corrected chi connectivity index (χ0v) is 28.7. The van der Waals surface area contributed by atoms with E-state index in [0.717, 1.165) is 41.2 Å². The number of furan rings is 1. The van der Waals surface area contributed by atoms with E-state index in [2.05, 4.69) is 181 Å². The van der Waals surface area contributed by atoms with Crippen LogP contribution in [0.4, 0.5) is 17.1 Å². The van der Waals surface area contributed by atoms with Crippen LogP contribution in [-0.4, -0.2) is 0 Å². The Morgan fingerprint density at radius 3 is 1.86 bits per heavy atom. The van der Waals surface area contributed by atoms with Crippen LogP contribution in [0, 0.1) is 0 Å². The number of hydrogen-bond acceptors (Lipinski definition) is 3. The minimum Gasteiger partial charge on any atom is -0.460 e. The minimum absolute atomic E-state index is 0.960. The molecule has 0 amide bonds. The zero-order chi connectivity index (χ0) is 33.7. The van der Waals surface area contributed by atoms with Gasteiger partial charge in [-0.25, -0.2) is 0 Å². The number of hydrogen-bond donors (Lipinski definition) is 0. The van der Waals surface area contributed by atoms with E-state index in [1.807, 2.05) is 11.3 Å². The lowest BCUT2D eigenvalue weighted by Crippen LogP contribution is -2.11. The summed E-state index contributed by atoms with van der Waals surface area (Å²) in [6.07, 6.45) is 6.47. The van der Waals surface area contributed by atoms with Crippen molar-refractivity contribution >= 4 is 65.6 Å². The Hall–Kier alpha value is -6.16. The highest BCUT2D eigenvalue weighted by molar-refractivity contribution is 7.25. The number of thiophene rings is 1. The SMILES string of the molecule is C1=Cc2c(oc3ccc(-c4ccc(N(c5ccc(-c6ccccc6)cc5)c5cc6sc7ccccc7c6cc5-c5ccccc5)cc4)cc23)CC1. The average Bonchev–Trinajstić information content (AvgIpc) is 3.76. The van der Waals surface area contributed by atoms with E-state index in [0.29, 0.717) is 0 Å². The summed E-state index contributed by atoms with van der Waals surface area (Å²) in [6.45, 7) is 0. The highest BCUT2D eigenvalue weighted by Gasteiger charge is 2.21. The maximum Gasteiger partial charge on any atom is 0.134 e. The second kappa shape index (κ2) is 12.3. The van der Waals surface area contributed by atoms with Crippen LogP contribution in [0.15, 0.2) is 174 Å². The van der Waals surface area contributed by atoms with Crippen molar-refractivity contribution in [3.8, 4) is 33.4 Å². The molecule has 0 N–H and O–H groups in total. The number of rotatable bonds is 6. The lowest BCUT2D eigenvalue weighted by Gasteiger charge is -2.28. The second-order valence-electron chi connectivity index (χ2n) is 13.2. The molecule has 9 aromatic rings. The molecule has 0 aliphatic heterocycles. The number of aryl methyl sites for hydroxylation is 1. The normalized spacial score (nSPS) is 12.5. The van der Waals surface area contributed by atoms with Crippen molar-refractivity contribution in [3.05, 3.63) is 181 Å². The predicted molar refractivity (Wildman–Crippen MR) is 217 cm³/mol. The van der Waals surface area contributed by atoms with Crippen molar-refractivity contribution in [1.29, 1.82) is 0 Å². The molecule has 3 heteroatoms. The second-order valence-corrected chi connectivity index (χ2v) is 14.3. The topological polar surface area (TPSA) is 16.4 Å². The Morgan fingerprint density at radius 1 is 0.490 bits per heavy atom. The molecule has 0 unspecified atom stereocenters. The molecule has 51 heavy (non-hydrogen) atoms. The molecular weight excluding hydrogens is 639 g/mol. The molecule has 0 atom stereocenters. The average molecular weight is 672 g/mol. The number of nitrogens with zero attached hydrogens (tertiary/aromatic N) is 1. The molecule has 0 spiro atoms. The Kier molecular flexibility index (Phi) is 7.18. The Morgan fingerprint density at radius 2 is 1.12 bits per heavy atom. The fraction of sp³-hybridized carbons (Fsp3) is 0.0417. The molecule has 2 heterocycles. The van der Waals surface area contributed by atoms with Gasteiger partial charge in [-0.15, -0.1) is 11.3 Å². The van der Waals surface area contributed by atoms with Crippen LogP contribution in [0.1, 0.15) is 17.7 Å². The van der Waals surface area contributed by atoms with Crippen molar-refractivity contribution in [1.82, 2.24) is 0 Å². The monoisotopic (exact) mass is 671 g/mol. The van der Waals surface area contributed by atoms with Crippen molar-refractivity contribution in [2.45, 2.75) is 12.8 Å². The van der Waals surface area contributed by atoms with Gasteiger partial charge in [-0.05, 0) is 88.8 Å². The third-order valence-electron chi connectivity index (χ3n) is 10.1. The van der Waals surface area contributed by atoms with Gasteiger partial charge in [0.1, 0.15) is 11.3 Å². The number of allylic oxidation sites excluding steroid dienone is 1. The van der Waals surface area contributed by atoms with E-state index in [-0.39, 0.29) is 0 Å². The van der Waals surface area contributed by atoms with Crippen LogP contribution in [-0.2, 0) is 6.42 Å². The lowest BCUT2D eigenvalue weighted by atomic mass is 9.97. The summed E-state index contributed by atoms with van der Waals surface area (Å²) >= 11 is 1.86. The summed E-state index contributed by atoms with van der Waals surface area (Å²) < 4.78 is 8.79. The van der Waals surface area contributed by atoms with Crippen LogP contribution >= 0.6 is 11.3 Å². The fourth-order valence-corrected chi connectivity index (χ4v) is 8.71. The molecule has 2 nitrogen and oxygen atoms in total. The Bertz CT molecular complexity index is 2720. The van der Waals surface area contributed by atoms with Gasteiger partial charge < -0.3 is 9.32 Å². The molecular formula is C48H33NOS. The van der Waals surface area contributed by atoms with Crippen LogP contribution in [0.5, 0.6) is 0 Å². The smallest absolute Gasteiger partial charge is 0.134 e. The van der Waals surface area contributed by atoms with Gasteiger partial charge in [-0.2, -0.15) is 0 Å². The van der Waals surface area contributed by atoms with Crippen molar-refractivity contribution in [2.24, 2.45) is 0 Å². The highest BCUT2D eigenvalue weighted by Crippen LogP contribution is 2.46. The fourth-order valence-electron chi connectivity index (χ4n) is 7.59. The molecule has 2 aromatic heterocycles. The van der Waals surface area contributed by atoms with Crippen LogP contribution in [0.2, 0.25) is 0 Å². The summed E-state index contributed by atoms with van der Waals surface area (Å²) in [4.78, 5) is 2.42. The number of benzene rings is 7. The van der Waals surface area contributed by atoms with Gasteiger partial charge in [0.2, 0.25) is 0 Å². The molecule has 7 aromatic carbocycles. The molecule has 242 valence electrons. The third-order valence-corrected chi connectivity index (χ3v) is 11.3. The van der Waals surface area contributed by atoms with E-state index in [1.165, 1.54) is 64.5 Å². The first-order valence-corrected chi connectivity index (χ1v) is 18.4. The number of fused-ring (bicyclic) bond motifs is 6. The van der Waals surface area contributed by atoms with E-state index >= 15 is 0 Å². The van der Waals surface area contributed by atoms with Crippen molar-refractivity contribution in [2.75, 3.05) is 4.90 Å². The molecule has 1 aliphatic carbocycles. The number of anilines is 3. The van der Waals surface area contributed by atoms with E-state index in [1.54, 1.807) is 0 Å². The first-order chi connectivity index (χ1) is 25.3. The predicted octanol–water partition coefficient (Wildman–Crippen LogP) is 14.2. The molecule has 1 aliphatic rings. The van der Waals surface area contributed by atoms with E-state index in [4.69, 9.17) is 4.42 Å². The maximum atomic E-state index is 6.21. The molecule has 10 rings (SSSR count). The van der Waals surface area contributed by atoms with Crippen LogP contribution < -0.4 is 4.90 Å². The first-order valence-electron chi connectivity index (χ1n) is 17.6. The van der Waals surface area contributed by atoms with Gasteiger partial charge in [0.05, 0.1) is 5.69 Å². The van der Waals surface area contributed by atoms with Crippen molar-refractivity contribution < 1.29 is 4.42 Å². The Labute approximate surface area is 301 Å². The van der Waals surface area contributed by atoms with Crippen LogP contribution in [0.3, 0.4) is 0 Å². The third kappa shape index (κ3) is 5.26. The van der Waals surface area contributed by atoms with Gasteiger partial charge in [0, 0.05) is 54.5 Å². The quantitative estimate of drug-likeness (QED) is 0.175. The molecule has 0 bridgehead atoms. The summed E-state index contributed by atoms with van der Waals surface area (Å²) in [5.41, 5.74) is 12.7. The molecule has 0 saturated carbocycles. The molecule has 0 saturated heterocycles. The molecule has 0 fully saturated rings. The van der Waals surface area contributed by atoms with Gasteiger partial charge in [-0.3, -0.25) is 0 Å². The molecule has 0 radical (unpaired) electrons. The van der Waals surface area contributed by atoms with E-state index in [9.17, 15) is 0 Å². The van der Waals surface area contributed by atoms with Crippen molar-refractivity contribution in [3.63, 3.8) is 0 Å². The Balaban J connectivity index is 1.14. The van der Waals surface area contributed by atoms with Gasteiger partial charge in [0.25, 0.3) is 0 Å². The highest BCUT2D eigenvalue weighted by atomic mass is 32.1. The van der Waals surface area contributed by atoms with Crippen LogP contribution in [0.25, 0.3) is 70.6 Å². The van der Waals surface area contributed by atoms with Gasteiger partial charge in [-0.1, -0.05) is 121 Å². The summed E-state index contributed by atoms with van der Waals surface area (Å²) in [6, 6.07) is 59.5. The summed E-state index contributed by atoms with van der Waals surface area (Å²) in [5.74, 6) is 1.10. The van der Waals surface area contributed by atoms with Gasteiger partial charge in [0.15, 0.2) is 0 Å². The maximum absolute atomic E-state index is 6.21. The first kappa shape index (κ1) is 29.7. The standard InChI is InChI=1S/C48H33NOS/c1-3-11-32(12-4-1)33-19-24-37(25-20-33)49(38-26-21-34(22-27-38)36-23-28-46-42(29-36)39-15-7-9-17-45(39)50-46)44-31-48-43(40-16-8-10-18-47(40)51-48)30-41(44)35-13-5-2-6-14-35/h1-8,10-16,18-31H,9,17H2. The summed E-state index contributed by atoms with van der Waals surface area (Å²) in [7, 11) is 0. The zero-order valence-electron chi connectivity index (χ0n) is 27.9. The largest absolute Gasteiger partial charge is 0.460 e. The summed E-state index contributed by atoms with van der Waals surface area (Å²) in [5, 5.41) is 3.78. The lowest BCUT2D eigenvalue weighted by molar-refractivity contribution is 0.546. The van der Waals surface area contributed by atoms with E-state index < -0.39 is 0 Å².